The topological polar surface area (TPSA) is 68.0 Å². The third-order valence-corrected chi connectivity index (χ3v) is 5.15. The Balaban J connectivity index is 1.43. The van der Waals surface area contributed by atoms with Crippen molar-refractivity contribution in [1.82, 2.24) is 10.1 Å². The third kappa shape index (κ3) is 4.69. The van der Waals surface area contributed by atoms with E-state index in [1.807, 2.05) is 41.8 Å². The maximum Gasteiger partial charge on any atom is 0.227 e. The minimum Gasteiger partial charge on any atom is -0.339 e. The Hall–Kier alpha value is -2.12. The number of nitrogens with zero attached hydrogens (tertiary/aromatic N) is 2. The molecule has 0 bridgehead atoms. The Kier molecular flexibility index (Phi) is 5.66. The highest BCUT2D eigenvalue weighted by Crippen LogP contribution is 2.23. The fourth-order valence-electron chi connectivity index (χ4n) is 2.11. The number of rotatable bonds is 7. The van der Waals surface area contributed by atoms with E-state index in [4.69, 9.17) is 4.52 Å². The van der Waals surface area contributed by atoms with Crippen LogP contribution in [0.5, 0.6) is 0 Å². The number of benzene rings is 1. The molecule has 5 nitrogen and oxygen atoms in total. The Bertz CT molecular complexity index is 783. The van der Waals surface area contributed by atoms with Crippen LogP contribution in [0, 0.1) is 0 Å². The molecule has 7 heteroatoms. The summed E-state index contributed by atoms with van der Waals surface area (Å²) in [4.78, 5) is 17.6. The fraction of sp³-hybridized carbons (Fsp3) is 0.235. The maximum absolute atomic E-state index is 11.0. The number of anilines is 1. The van der Waals surface area contributed by atoms with Gasteiger partial charge < -0.3 is 9.84 Å². The predicted molar refractivity (Wildman–Crippen MR) is 97.4 cm³/mol. The molecule has 0 atom stereocenters. The van der Waals surface area contributed by atoms with Gasteiger partial charge in [0.05, 0.1) is 4.88 Å². The van der Waals surface area contributed by atoms with Gasteiger partial charge in [-0.15, -0.1) is 23.1 Å². The molecule has 3 rings (SSSR count). The highest BCUT2D eigenvalue weighted by molar-refractivity contribution is 7.99. The maximum atomic E-state index is 11.0. The molecule has 0 spiro atoms. The van der Waals surface area contributed by atoms with Gasteiger partial charge in [-0.3, -0.25) is 4.79 Å². The molecule has 0 radical (unpaired) electrons. The molecule has 0 aliphatic rings. The molecule has 1 amide bonds. The summed E-state index contributed by atoms with van der Waals surface area (Å²) in [5.74, 6) is 2.26. The van der Waals surface area contributed by atoms with Crippen LogP contribution in [0.1, 0.15) is 19.2 Å². The van der Waals surface area contributed by atoms with Crippen molar-refractivity contribution in [1.29, 1.82) is 0 Å². The monoisotopic (exact) mass is 359 g/mol. The number of amides is 1. The molecule has 1 N–H and O–H groups in total. The molecule has 0 aliphatic heterocycles. The second kappa shape index (κ2) is 8.12. The summed E-state index contributed by atoms with van der Waals surface area (Å²) in [5.41, 5.74) is 0.818. The fourth-order valence-corrected chi connectivity index (χ4v) is 3.62. The highest BCUT2D eigenvalue weighted by Gasteiger charge is 2.09. The largest absolute Gasteiger partial charge is 0.339 e. The molecule has 24 heavy (non-hydrogen) atoms. The van der Waals surface area contributed by atoms with Crippen LogP contribution in [0.3, 0.4) is 0 Å². The van der Waals surface area contributed by atoms with E-state index < -0.39 is 0 Å². The van der Waals surface area contributed by atoms with Gasteiger partial charge >= 0.3 is 0 Å². The first-order chi connectivity index (χ1) is 11.7. The molecular formula is C17H17N3O2S2. The first kappa shape index (κ1) is 16.7. The van der Waals surface area contributed by atoms with Gasteiger partial charge in [0, 0.05) is 23.9 Å². The summed E-state index contributed by atoms with van der Waals surface area (Å²) < 4.78 is 5.29. The second-order valence-corrected chi connectivity index (χ2v) is 7.26. The van der Waals surface area contributed by atoms with E-state index in [0.29, 0.717) is 11.7 Å². The van der Waals surface area contributed by atoms with Gasteiger partial charge in [0.2, 0.25) is 17.6 Å². The van der Waals surface area contributed by atoms with Gasteiger partial charge in [-0.1, -0.05) is 11.2 Å². The number of thiophene rings is 1. The lowest BCUT2D eigenvalue weighted by molar-refractivity contribution is -0.114. The Morgan fingerprint density at radius 2 is 2.12 bits per heavy atom. The average molecular weight is 359 g/mol. The summed E-state index contributed by atoms with van der Waals surface area (Å²) in [7, 11) is 0. The van der Waals surface area contributed by atoms with Crippen molar-refractivity contribution < 1.29 is 9.32 Å². The van der Waals surface area contributed by atoms with Crippen LogP contribution in [0.25, 0.3) is 10.7 Å². The molecule has 0 aliphatic carbocycles. The number of hydrogen-bond acceptors (Lipinski definition) is 6. The summed E-state index contributed by atoms with van der Waals surface area (Å²) in [5, 5.41) is 8.77. The molecule has 0 unspecified atom stereocenters. The van der Waals surface area contributed by atoms with Crippen molar-refractivity contribution in [2.24, 2.45) is 0 Å². The zero-order valence-corrected chi connectivity index (χ0v) is 14.8. The lowest BCUT2D eigenvalue weighted by Crippen LogP contribution is -2.05. The molecule has 0 saturated heterocycles. The van der Waals surface area contributed by atoms with Gasteiger partial charge in [0.15, 0.2) is 0 Å². The minimum atomic E-state index is -0.0584. The van der Waals surface area contributed by atoms with Crippen LogP contribution < -0.4 is 5.32 Å². The third-order valence-electron chi connectivity index (χ3n) is 3.19. The van der Waals surface area contributed by atoms with Crippen molar-refractivity contribution >= 4 is 34.7 Å². The summed E-state index contributed by atoms with van der Waals surface area (Å²) in [6.45, 7) is 1.50. The van der Waals surface area contributed by atoms with Gasteiger partial charge in [0.1, 0.15) is 0 Å². The van der Waals surface area contributed by atoms with Crippen molar-refractivity contribution in [2.75, 3.05) is 11.1 Å². The number of aromatic nitrogens is 2. The molecule has 124 valence electrons. The molecule has 2 aromatic heterocycles. The van der Waals surface area contributed by atoms with Crippen molar-refractivity contribution in [2.45, 2.75) is 24.7 Å². The molecule has 3 aromatic rings. The average Bonchev–Trinajstić information content (AvgIpc) is 3.24. The van der Waals surface area contributed by atoms with Crippen LogP contribution in [-0.4, -0.2) is 21.8 Å². The van der Waals surface area contributed by atoms with E-state index in [9.17, 15) is 4.79 Å². The zero-order chi connectivity index (χ0) is 16.8. The molecule has 0 fully saturated rings. The molecule has 0 saturated carbocycles. The minimum absolute atomic E-state index is 0.0584. The quantitative estimate of drug-likeness (QED) is 0.497. The summed E-state index contributed by atoms with van der Waals surface area (Å²) >= 11 is 3.38. The normalized spacial score (nSPS) is 10.7. The first-order valence-corrected chi connectivity index (χ1v) is 9.44. The highest BCUT2D eigenvalue weighted by atomic mass is 32.2. The number of nitrogens with one attached hydrogen (secondary N) is 1. The predicted octanol–water partition coefficient (Wildman–Crippen LogP) is 4.48. The number of thioether (sulfide) groups is 1. The van der Waals surface area contributed by atoms with Crippen LogP contribution in [0.2, 0.25) is 0 Å². The SMILES string of the molecule is CC(=O)Nc1ccc(SCCCc2nc(-c3cccs3)no2)cc1. The van der Waals surface area contributed by atoms with Crippen LogP contribution in [-0.2, 0) is 11.2 Å². The number of carbonyl (C=O) groups excluding carboxylic acids is 1. The smallest absolute Gasteiger partial charge is 0.227 e. The van der Waals surface area contributed by atoms with E-state index in [0.717, 1.165) is 29.2 Å². The summed E-state index contributed by atoms with van der Waals surface area (Å²) in [6, 6.07) is 11.8. The van der Waals surface area contributed by atoms with Crippen molar-refractivity contribution in [3.63, 3.8) is 0 Å². The van der Waals surface area contributed by atoms with E-state index in [2.05, 4.69) is 15.5 Å². The lowest BCUT2D eigenvalue weighted by Gasteiger charge is -2.04. The van der Waals surface area contributed by atoms with E-state index in [1.54, 1.807) is 23.1 Å². The molecular weight excluding hydrogens is 342 g/mol. The lowest BCUT2D eigenvalue weighted by atomic mass is 10.3. The van der Waals surface area contributed by atoms with E-state index >= 15 is 0 Å². The molecule has 1 aromatic carbocycles. The van der Waals surface area contributed by atoms with E-state index in [1.165, 1.54) is 11.8 Å². The number of aryl methyl sites for hydroxylation is 1. The van der Waals surface area contributed by atoms with Crippen LogP contribution >= 0.6 is 23.1 Å². The Labute approximate surface area is 148 Å². The van der Waals surface area contributed by atoms with Crippen molar-refractivity contribution in [3.05, 3.63) is 47.7 Å². The van der Waals surface area contributed by atoms with Crippen molar-refractivity contribution in [3.8, 4) is 10.7 Å². The Morgan fingerprint density at radius 3 is 2.83 bits per heavy atom. The van der Waals surface area contributed by atoms with Gasteiger partial charge in [-0.2, -0.15) is 4.98 Å². The zero-order valence-electron chi connectivity index (χ0n) is 13.2. The Morgan fingerprint density at radius 1 is 1.29 bits per heavy atom. The number of hydrogen-bond donors (Lipinski definition) is 1. The number of carbonyl (C=O) groups is 1. The van der Waals surface area contributed by atoms with Gasteiger partial charge in [-0.05, 0) is 47.9 Å². The summed E-state index contributed by atoms with van der Waals surface area (Å²) in [6.07, 6.45) is 1.74. The van der Waals surface area contributed by atoms with Crippen LogP contribution in [0.4, 0.5) is 5.69 Å². The first-order valence-electron chi connectivity index (χ1n) is 7.57. The van der Waals surface area contributed by atoms with E-state index in [-0.39, 0.29) is 5.91 Å². The standard InChI is InChI=1S/C17H17N3O2S2/c1-12(21)18-13-6-8-14(9-7-13)23-10-3-5-16-19-17(20-22-16)15-4-2-11-24-15/h2,4,6-9,11H,3,5,10H2,1H3,(H,18,21). The second-order valence-electron chi connectivity index (χ2n) is 5.15. The van der Waals surface area contributed by atoms with Crippen LogP contribution in [0.15, 0.2) is 51.2 Å². The van der Waals surface area contributed by atoms with Gasteiger partial charge in [0.25, 0.3) is 0 Å². The molecule has 2 heterocycles. The van der Waals surface area contributed by atoms with Gasteiger partial charge in [-0.25, -0.2) is 0 Å².